The lowest BCUT2D eigenvalue weighted by Gasteiger charge is -2.20. The maximum Gasteiger partial charge on any atom is 0.246 e. The molecular weight excluding hydrogens is 172 g/mol. The molecule has 1 aliphatic heterocycles. The summed E-state index contributed by atoms with van der Waals surface area (Å²) < 4.78 is 0. The van der Waals surface area contributed by atoms with Crippen molar-refractivity contribution in [2.75, 3.05) is 27.2 Å². The monoisotopic (exact) mass is 186 g/mol. The van der Waals surface area contributed by atoms with Crippen molar-refractivity contribution in [1.29, 1.82) is 0 Å². The number of nitrogens with zero attached hydrogens (tertiary/aromatic N) is 2. The van der Waals surface area contributed by atoms with E-state index in [0.717, 1.165) is 4.90 Å². The minimum absolute atomic E-state index is 0.00180. The zero-order valence-electron chi connectivity index (χ0n) is 7.86. The first-order chi connectivity index (χ1) is 6.07. The summed E-state index contributed by atoms with van der Waals surface area (Å²) in [4.78, 5) is 25.4. The molecule has 0 aromatic carbocycles. The van der Waals surface area contributed by atoms with Gasteiger partial charge in [0, 0.05) is 13.6 Å². The Bertz CT molecular complexity index is 229. The van der Waals surface area contributed by atoms with Gasteiger partial charge in [0.05, 0.1) is 19.1 Å². The molecule has 5 heteroatoms. The van der Waals surface area contributed by atoms with Gasteiger partial charge >= 0.3 is 0 Å². The fraction of sp³-hybridized carbons (Fsp3) is 0.750. The summed E-state index contributed by atoms with van der Waals surface area (Å²) in [5, 5.41) is 8.66. The molecule has 0 aliphatic carbocycles. The van der Waals surface area contributed by atoms with Crippen molar-refractivity contribution in [3.8, 4) is 0 Å². The first-order valence-corrected chi connectivity index (χ1v) is 4.19. The van der Waals surface area contributed by atoms with Gasteiger partial charge in [0.2, 0.25) is 11.8 Å². The summed E-state index contributed by atoms with van der Waals surface area (Å²) in [6.45, 7) is 0.412. The molecule has 2 amide bonds. The van der Waals surface area contributed by atoms with E-state index in [4.69, 9.17) is 5.11 Å². The van der Waals surface area contributed by atoms with Gasteiger partial charge in [0.15, 0.2) is 0 Å². The van der Waals surface area contributed by atoms with Gasteiger partial charge in [-0.3, -0.25) is 19.4 Å². The Kier molecular flexibility index (Phi) is 3.00. The number of likely N-dealkylation sites (tertiary alicyclic amines) is 1. The minimum atomic E-state index is -0.385. The fourth-order valence-electron chi connectivity index (χ4n) is 1.39. The number of rotatable bonds is 3. The lowest BCUT2D eigenvalue weighted by Crippen LogP contribution is -2.39. The van der Waals surface area contributed by atoms with E-state index in [1.165, 1.54) is 7.05 Å². The van der Waals surface area contributed by atoms with Crippen LogP contribution in [0.1, 0.15) is 6.42 Å². The third-order valence-electron chi connectivity index (χ3n) is 2.34. The van der Waals surface area contributed by atoms with Crippen LogP contribution in [0.15, 0.2) is 0 Å². The second-order valence-electron chi connectivity index (χ2n) is 3.22. The van der Waals surface area contributed by atoms with Crippen LogP contribution >= 0.6 is 0 Å². The standard InChI is InChI=1S/C8H14N2O3/c1-9(3-4-11)6-5-7(12)10(2)8(6)13/h6,11H,3-5H2,1-2H3. The molecule has 0 aromatic rings. The lowest BCUT2D eigenvalue weighted by molar-refractivity contribution is -0.137. The third kappa shape index (κ3) is 1.87. The van der Waals surface area contributed by atoms with Gasteiger partial charge in [0.1, 0.15) is 0 Å². The molecule has 1 N–H and O–H groups in total. The molecule has 1 fully saturated rings. The Labute approximate surface area is 76.9 Å². The molecule has 1 unspecified atom stereocenters. The largest absolute Gasteiger partial charge is 0.395 e. The van der Waals surface area contributed by atoms with E-state index in [9.17, 15) is 9.59 Å². The summed E-state index contributed by atoms with van der Waals surface area (Å²) in [7, 11) is 3.21. The number of aliphatic hydroxyl groups excluding tert-OH is 1. The van der Waals surface area contributed by atoms with Gasteiger partial charge < -0.3 is 5.11 Å². The van der Waals surface area contributed by atoms with E-state index in [2.05, 4.69) is 0 Å². The number of hydrogen-bond donors (Lipinski definition) is 1. The Morgan fingerprint density at radius 2 is 2.23 bits per heavy atom. The zero-order valence-corrected chi connectivity index (χ0v) is 7.86. The van der Waals surface area contributed by atoms with Crippen molar-refractivity contribution in [3.05, 3.63) is 0 Å². The smallest absolute Gasteiger partial charge is 0.246 e. The first-order valence-electron chi connectivity index (χ1n) is 4.19. The summed E-state index contributed by atoms with van der Waals surface area (Å²) >= 11 is 0. The Balaban J connectivity index is 2.62. The van der Waals surface area contributed by atoms with E-state index in [1.54, 1.807) is 11.9 Å². The van der Waals surface area contributed by atoms with Crippen molar-refractivity contribution in [2.45, 2.75) is 12.5 Å². The molecule has 13 heavy (non-hydrogen) atoms. The molecule has 5 nitrogen and oxygen atoms in total. The van der Waals surface area contributed by atoms with Gasteiger partial charge in [-0.15, -0.1) is 0 Å². The second-order valence-corrected chi connectivity index (χ2v) is 3.22. The van der Waals surface area contributed by atoms with Crippen LogP contribution in [-0.4, -0.2) is 60.0 Å². The topological polar surface area (TPSA) is 60.9 Å². The van der Waals surface area contributed by atoms with Crippen LogP contribution < -0.4 is 0 Å². The molecule has 1 saturated heterocycles. The molecular formula is C8H14N2O3. The maximum absolute atomic E-state index is 11.4. The van der Waals surface area contributed by atoms with Gasteiger partial charge in [-0.2, -0.15) is 0 Å². The molecule has 1 aliphatic rings. The first kappa shape index (κ1) is 10.1. The van der Waals surface area contributed by atoms with Gasteiger partial charge in [0.25, 0.3) is 0 Å². The fourth-order valence-corrected chi connectivity index (χ4v) is 1.39. The van der Waals surface area contributed by atoms with E-state index >= 15 is 0 Å². The van der Waals surface area contributed by atoms with Gasteiger partial charge in [-0.1, -0.05) is 0 Å². The van der Waals surface area contributed by atoms with Crippen molar-refractivity contribution >= 4 is 11.8 Å². The van der Waals surface area contributed by atoms with E-state index in [1.807, 2.05) is 0 Å². The van der Waals surface area contributed by atoms with Crippen LogP contribution in [0.4, 0.5) is 0 Å². The molecule has 1 atom stereocenters. The normalized spacial score (nSPS) is 23.4. The molecule has 0 bridgehead atoms. The average molecular weight is 186 g/mol. The number of amides is 2. The summed E-state index contributed by atoms with van der Waals surface area (Å²) in [6.07, 6.45) is 0.228. The van der Waals surface area contributed by atoms with Crippen molar-refractivity contribution in [2.24, 2.45) is 0 Å². The summed E-state index contributed by atoms with van der Waals surface area (Å²) in [6, 6.07) is -0.385. The van der Waals surface area contributed by atoms with Crippen LogP contribution in [-0.2, 0) is 9.59 Å². The zero-order chi connectivity index (χ0) is 10.0. The lowest BCUT2D eigenvalue weighted by atomic mass is 10.2. The molecule has 1 heterocycles. The van der Waals surface area contributed by atoms with Crippen LogP contribution in [0.2, 0.25) is 0 Å². The van der Waals surface area contributed by atoms with Crippen molar-refractivity contribution in [3.63, 3.8) is 0 Å². The highest BCUT2D eigenvalue weighted by Crippen LogP contribution is 2.15. The highest BCUT2D eigenvalue weighted by molar-refractivity contribution is 6.05. The number of carbonyl (C=O) groups is 2. The van der Waals surface area contributed by atoms with Crippen LogP contribution in [0.25, 0.3) is 0 Å². The number of carbonyl (C=O) groups excluding carboxylic acids is 2. The van der Waals surface area contributed by atoms with Crippen molar-refractivity contribution in [1.82, 2.24) is 9.80 Å². The third-order valence-corrected chi connectivity index (χ3v) is 2.34. The predicted molar refractivity (Wildman–Crippen MR) is 45.9 cm³/mol. The van der Waals surface area contributed by atoms with Gasteiger partial charge in [-0.05, 0) is 7.05 Å². The Morgan fingerprint density at radius 3 is 2.62 bits per heavy atom. The number of imide groups is 1. The number of hydrogen-bond acceptors (Lipinski definition) is 4. The highest BCUT2D eigenvalue weighted by Gasteiger charge is 2.38. The number of aliphatic hydroxyl groups is 1. The summed E-state index contributed by atoms with van der Waals surface area (Å²) in [5.41, 5.74) is 0. The van der Waals surface area contributed by atoms with Gasteiger partial charge in [-0.25, -0.2) is 0 Å². The molecule has 0 aromatic heterocycles. The molecule has 1 rings (SSSR count). The quantitative estimate of drug-likeness (QED) is 0.555. The highest BCUT2D eigenvalue weighted by atomic mass is 16.3. The molecule has 74 valence electrons. The Morgan fingerprint density at radius 1 is 1.62 bits per heavy atom. The van der Waals surface area contributed by atoms with E-state index in [0.29, 0.717) is 6.54 Å². The van der Waals surface area contributed by atoms with Crippen LogP contribution in [0, 0.1) is 0 Å². The predicted octanol–water partition coefficient (Wildman–Crippen LogP) is -1.33. The maximum atomic E-state index is 11.4. The molecule has 0 saturated carbocycles. The Hall–Kier alpha value is -0.940. The van der Waals surface area contributed by atoms with Crippen LogP contribution in [0.3, 0.4) is 0 Å². The number of likely N-dealkylation sites (N-methyl/N-ethyl adjacent to an activating group) is 2. The summed E-state index contributed by atoms with van der Waals surface area (Å²) in [5.74, 6) is -0.333. The average Bonchev–Trinajstić information content (AvgIpc) is 2.33. The molecule has 0 radical (unpaired) electrons. The second kappa shape index (κ2) is 3.85. The SMILES string of the molecule is CN1C(=O)CC(N(C)CCO)C1=O. The van der Waals surface area contributed by atoms with E-state index < -0.39 is 0 Å². The van der Waals surface area contributed by atoms with Crippen molar-refractivity contribution < 1.29 is 14.7 Å². The van der Waals surface area contributed by atoms with E-state index in [-0.39, 0.29) is 30.9 Å². The molecule has 0 spiro atoms. The van der Waals surface area contributed by atoms with Crippen LogP contribution in [0.5, 0.6) is 0 Å². The minimum Gasteiger partial charge on any atom is -0.395 e.